The van der Waals surface area contributed by atoms with Gasteiger partial charge in [0.05, 0.1) is 6.04 Å². The summed E-state index contributed by atoms with van der Waals surface area (Å²) in [5.74, 6) is -0.182. The van der Waals surface area contributed by atoms with Gasteiger partial charge >= 0.3 is 0 Å². The highest BCUT2D eigenvalue weighted by atomic mass is 79.9. The number of aromatic nitrogens is 1. The molecule has 0 fully saturated rings. The highest BCUT2D eigenvalue weighted by Crippen LogP contribution is 2.16. The summed E-state index contributed by atoms with van der Waals surface area (Å²) in [6.07, 6.45) is 1.60. The van der Waals surface area contributed by atoms with Crippen LogP contribution in [-0.2, 0) is 0 Å². The topological polar surface area (TPSA) is 42.0 Å². The van der Waals surface area contributed by atoms with Crippen molar-refractivity contribution in [2.45, 2.75) is 13.0 Å². The van der Waals surface area contributed by atoms with E-state index >= 15 is 0 Å². The van der Waals surface area contributed by atoms with Crippen LogP contribution in [-0.4, -0.2) is 10.9 Å². The van der Waals surface area contributed by atoms with Crippen molar-refractivity contribution in [1.29, 1.82) is 0 Å². The van der Waals surface area contributed by atoms with E-state index in [0.717, 1.165) is 5.56 Å². The van der Waals surface area contributed by atoms with E-state index in [1.165, 1.54) is 0 Å². The van der Waals surface area contributed by atoms with Crippen molar-refractivity contribution < 1.29 is 4.79 Å². The van der Waals surface area contributed by atoms with E-state index in [-0.39, 0.29) is 11.9 Å². The van der Waals surface area contributed by atoms with Gasteiger partial charge in [0.25, 0.3) is 5.91 Å². The van der Waals surface area contributed by atoms with Crippen molar-refractivity contribution >= 4 is 21.8 Å². The number of carbonyl (C=O) groups excluding carboxylic acids is 1. The molecule has 0 aliphatic rings. The van der Waals surface area contributed by atoms with Crippen LogP contribution in [0.5, 0.6) is 0 Å². The maximum absolute atomic E-state index is 12.0. The summed E-state index contributed by atoms with van der Waals surface area (Å²) in [7, 11) is 0. The zero-order valence-corrected chi connectivity index (χ0v) is 11.5. The van der Waals surface area contributed by atoms with Crippen molar-refractivity contribution in [1.82, 2.24) is 10.3 Å². The number of amides is 1. The molecule has 0 saturated heterocycles. The third-order valence-corrected chi connectivity index (χ3v) is 3.26. The smallest absolute Gasteiger partial charge is 0.271 e. The third kappa shape index (κ3) is 2.96. The number of pyridine rings is 1. The van der Waals surface area contributed by atoms with E-state index in [2.05, 4.69) is 26.2 Å². The molecule has 2 aromatic rings. The highest BCUT2D eigenvalue weighted by molar-refractivity contribution is 9.10. The number of halogens is 1. The van der Waals surface area contributed by atoms with Crippen molar-refractivity contribution in [2.24, 2.45) is 0 Å². The van der Waals surface area contributed by atoms with Crippen LogP contribution in [0.3, 0.4) is 0 Å². The molecule has 1 N–H and O–H groups in total. The normalized spacial score (nSPS) is 11.9. The Bertz CT molecular complexity index is 543. The number of carbonyl (C=O) groups is 1. The summed E-state index contributed by atoms with van der Waals surface area (Å²) in [5.41, 5.74) is 1.47. The number of nitrogens with zero attached hydrogens (tertiary/aromatic N) is 1. The first kappa shape index (κ1) is 12.8. The Hall–Kier alpha value is -1.68. The molecule has 1 aromatic heterocycles. The summed E-state index contributed by atoms with van der Waals surface area (Å²) >= 11 is 3.32. The Morgan fingerprint density at radius 3 is 2.61 bits per heavy atom. The second-order valence-corrected chi connectivity index (χ2v) is 4.79. The van der Waals surface area contributed by atoms with Gasteiger partial charge in [-0.05, 0) is 40.5 Å². The predicted molar refractivity (Wildman–Crippen MR) is 74.3 cm³/mol. The molecule has 1 heterocycles. The van der Waals surface area contributed by atoms with Crippen LogP contribution in [0.25, 0.3) is 0 Å². The molecule has 0 unspecified atom stereocenters. The standard InChI is InChI=1S/C14H13BrN2O/c1-10(11-6-3-2-4-7-11)17-14(18)13-12(15)8-5-9-16-13/h2-10H,1H3,(H,17,18)/t10-/m0/s1. The first-order valence-electron chi connectivity index (χ1n) is 5.65. The van der Waals surface area contributed by atoms with Crippen LogP contribution in [0.2, 0.25) is 0 Å². The molecular weight excluding hydrogens is 292 g/mol. The second kappa shape index (κ2) is 5.78. The van der Waals surface area contributed by atoms with Crippen molar-refractivity contribution in [3.63, 3.8) is 0 Å². The van der Waals surface area contributed by atoms with Crippen molar-refractivity contribution in [3.05, 3.63) is 64.4 Å². The lowest BCUT2D eigenvalue weighted by Crippen LogP contribution is -2.27. The molecule has 0 bridgehead atoms. The molecule has 3 nitrogen and oxygen atoms in total. The summed E-state index contributed by atoms with van der Waals surface area (Å²) in [6, 6.07) is 13.4. The molecule has 4 heteroatoms. The fraction of sp³-hybridized carbons (Fsp3) is 0.143. The Labute approximate surface area is 114 Å². The number of nitrogens with one attached hydrogen (secondary N) is 1. The number of hydrogen-bond donors (Lipinski definition) is 1. The summed E-state index contributed by atoms with van der Waals surface area (Å²) < 4.78 is 0.697. The molecule has 0 spiro atoms. The van der Waals surface area contributed by atoms with Gasteiger partial charge in [-0.3, -0.25) is 4.79 Å². The van der Waals surface area contributed by atoms with E-state index in [0.29, 0.717) is 10.2 Å². The second-order valence-electron chi connectivity index (χ2n) is 3.94. The summed E-state index contributed by atoms with van der Waals surface area (Å²) in [4.78, 5) is 16.1. The summed E-state index contributed by atoms with van der Waals surface area (Å²) in [5, 5.41) is 2.92. The van der Waals surface area contributed by atoms with Crippen molar-refractivity contribution in [2.75, 3.05) is 0 Å². The van der Waals surface area contributed by atoms with Gasteiger partial charge in [0, 0.05) is 10.7 Å². The fourth-order valence-electron chi connectivity index (χ4n) is 1.64. The Balaban J connectivity index is 2.11. The summed E-state index contributed by atoms with van der Waals surface area (Å²) in [6.45, 7) is 1.95. The SMILES string of the molecule is C[C@H](NC(=O)c1ncccc1Br)c1ccccc1. The zero-order valence-electron chi connectivity index (χ0n) is 9.93. The maximum atomic E-state index is 12.0. The monoisotopic (exact) mass is 304 g/mol. The lowest BCUT2D eigenvalue weighted by Gasteiger charge is -2.14. The van der Waals surface area contributed by atoms with Crippen LogP contribution < -0.4 is 5.32 Å². The highest BCUT2D eigenvalue weighted by Gasteiger charge is 2.14. The average molecular weight is 305 g/mol. The molecule has 1 aromatic carbocycles. The van der Waals surface area contributed by atoms with Gasteiger partial charge in [-0.25, -0.2) is 4.98 Å². The molecule has 0 aliphatic heterocycles. The van der Waals surface area contributed by atoms with Crippen LogP contribution in [0.4, 0.5) is 0 Å². The van der Waals surface area contributed by atoms with Crippen LogP contribution in [0.1, 0.15) is 29.0 Å². The molecule has 2 rings (SSSR count). The molecule has 1 atom stereocenters. The molecule has 0 saturated carbocycles. The van der Waals surface area contributed by atoms with Gasteiger partial charge in [-0.15, -0.1) is 0 Å². The van der Waals surface area contributed by atoms with E-state index in [9.17, 15) is 4.79 Å². The van der Waals surface area contributed by atoms with Gasteiger partial charge in [0.2, 0.25) is 0 Å². The molecular formula is C14H13BrN2O. The Morgan fingerprint density at radius 2 is 1.94 bits per heavy atom. The quantitative estimate of drug-likeness (QED) is 0.945. The van der Waals surface area contributed by atoms with Crippen LogP contribution >= 0.6 is 15.9 Å². The van der Waals surface area contributed by atoms with Gasteiger partial charge in [-0.1, -0.05) is 30.3 Å². The minimum absolute atomic E-state index is 0.0485. The molecule has 1 amide bonds. The van der Waals surface area contributed by atoms with Crippen LogP contribution in [0.15, 0.2) is 53.1 Å². The van der Waals surface area contributed by atoms with E-state index in [1.54, 1.807) is 18.3 Å². The molecule has 18 heavy (non-hydrogen) atoms. The minimum atomic E-state index is -0.182. The number of benzene rings is 1. The fourth-order valence-corrected chi connectivity index (χ4v) is 2.08. The maximum Gasteiger partial charge on any atom is 0.271 e. The Morgan fingerprint density at radius 1 is 1.22 bits per heavy atom. The lowest BCUT2D eigenvalue weighted by molar-refractivity contribution is 0.0934. The predicted octanol–water partition coefficient (Wildman–Crippen LogP) is 3.34. The molecule has 92 valence electrons. The first-order valence-corrected chi connectivity index (χ1v) is 6.44. The van der Waals surface area contributed by atoms with Gasteiger partial charge in [0.1, 0.15) is 5.69 Å². The zero-order chi connectivity index (χ0) is 13.0. The minimum Gasteiger partial charge on any atom is -0.344 e. The number of rotatable bonds is 3. The van der Waals surface area contributed by atoms with E-state index in [1.807, 2.05) is 37.3 Å². The van der Waals surface area contributed by atoms with Gasteiger partial charge < -0.3 is 5.32 Å². The van der Waals surface area contributed by atoms with Crippen molar-refractivity contribution in [3.8, 4) is 0 Å². The first-order chi connectivity index (χ1) is 8.68. The van der Waals surface area contributed by atoms with E-state index in [4.69, 9.17) is 0 Å². The molecule has 0 aliphatic carbocycles. The molecule has 0 radical (unpaired) electrons. The third-order valence-electron chi connectivity index (χ3n) is 2.62. The van der Waals surface area contributed by atoms with Gasteiger partial charge in [0.15, 0.2) is 0 Å². The van der Waals surface area contributed by atoms with Crippen LogP contribution in [0, 0.1) is 0 Å². The van der Waals surface area contributed by atoms with E-state index < -0.39 is 0 Å². The largest absolute Gasteiger partial charge is 0.344 e. The lowest BCUT2D eigenvalue weighted by atomic mass is 10.1. The van der Waals surface area contributed by atoms with Gasteiger partial charge in [-0.2, -0.15) is 0 Å². The average Bonchev–Trinajstić information content (AvgIpc) is 2.40. The Kier molecular flexibility index (Phi) is 4.10. The number of hydrogen-bond acceptors (Lipinski definition) is 2.